The average Bonchev–Trinajstić information content (AvgIpc) is 2.38. The zero-order valence-corrected chi connectivity index (χ0v) is 10.8. The number of halogens is 1. The van der Waals surface area contributed by atoms with E-state index in [1.165, 1.54) is 0 Å². The summed E-state index contributed by atoms with van der Waals surface area (Å²) in [5.74, 6) is -0.474. The summed E-state index contributed by atoms with van der Waals surface area (Å²) in [5.41, 5.74) is 2.51. The zero-order valence-electron chi connectivity index (χ0n) is 9.99. The Morgan fingerprint density at radius 1 is 1.38 bits per heavy atom. The molecule has 92 valence electrons. The smallest absolute Gasteiger partial charge is 0.267 e. The van der Waals surface area contributed by atoms with Crippen LogP contribution < -0.4 is 0 Å². The molecule has 0 spiro atoms. The second-order valence-electron chi connectivity index (χ2n) is 4.18. The molecule has 0 aliphatic rings. The fourth-order valence-electron chi connectivity index (χ4n) is 1.79. The fourth-order valence-corrected chi connectivity index (χ4v) is 2.23. The Bertz CT molecular complexity index is 477. The molecule has 0 saturated carbocycles. The summed E-state index contributed by atoms with van der Waals surface area (Å²) in [4.78, 5) is 0. The van der Waals surface area contributed by atoms with Crippen LogP contribution >= 0.6 is 0 Å². The maximum atomic E-state index is 12.4. The third-order valence-electron chi connectivity index (χ3n) is 2.56. The van der Waals surface area contributed by atoms with Gasteiger partial charge in [0.1, 0.15) is 0 Å². The van der Waals surface area contributed by atoms with Gasteiger partial charge in [-0.2, -0.15) is 13.5 Å². The second kappa shape index (κ2) is 4.53. The molecule has 16 heavy (non-hydrogen) atoms. The Kier molecular flexibility index (Phi) is 3.72. The first-order valence-corrected chi connectivity index (χ1v) is 6.74. The Hall–Kier alpha value is -0.910. The first kappa shape index (κ1) is 13.2. The first-order valence-electron chi connectivity index (χ1n) is 5.19. The number of rotatable bonds is 4. The highest BCUT2D eigenvalue weighted by Gasteiger charge is 2.16. The predicted octanol–water partition coefficient (Wildman–Crippen LogP) is 1.92. The van der Waals surface area contributed by atoms with Crippen molar-refractivity contribution in [3.8, 4) is 0 Å². The van der Waals surface area contributed by atoms with Crippen molar-refractivity contribution in [2.45, 2.75) is 40.2 Å². The van der Waals surface area contributed by atoms with Gasteiger partial charge in [0.25, 0.3) is 0 Å². The van der Waals surface area contributed by atoms with E-state index in [0.717, 1.165) is 17.0 Å². The summed E-state index contributed by atoms with van der Waals surface area (Å²) in [7, 11) is -4.40. The van der Waals surface area contributed by atoms with Crippen molar-refractivity contribution in [1.82, 2.24) is 9.78 Å². The summed E-state index contributed by atoms with van der Waals surface area (Å²) >= 11 is 0. The van der Waals surface area contributed by atoms with E-state index in [1.54, 1.807) is 0 Å². The fraction of sp³-hybridized carbons (Fsp3) is 0.700. The second-order valence-corrected chi connectivity index (χ2v) is 5.67. The maximum Gasteiger partial charge on any atom is 0.302 e. The molecule has 0 fully saturated rings. The van der Waals surface area contributed by atoms with Crippen LogP contribution in [0.1, 0.15) is 36.8 Å². The molecule has 6 heteroatoms. The summed E-state index contributed by atoms with van der Waals surface area (Å²) < 4.78 is 35.2. The SMILES string of the molecule is Cc1nn(C(C)C)c(C)c1CCS(=O)(=O)F. The molecule has 0 atom stereocenters. The lowest BCUT2D eigenvalue weighted by molar-refractivity contribution is 0.515. The molecule has 0 amide bonds. The number of nitrogens with zero attached hydrogens (tertiary/aromatic N) is 2. The van der Waals surface area contributed by atoms with Gasteiger partial charge in [0.2, 0.25) is 0 Å². The van der Waals surface area contributed by atoms with Gasteiger partial charge in [-0.3, -0.25) is 4.68 Å². The van der Waals surface area contributed by atoms with Crippen molar-refractivity contribution < 1.29 is 12.3 Å². The summed E-state index contributed by atoms with van der Waals surface area (Å²) in [5, 5.41) is 4.31. The summed E-state index contributed by atoms with van der Waals surface area (Å²) in [6.45, 7) is 7.68. The topological polar surface area (TPSA) is 52.0 Å². The van der Waals surface area contributed by atoms with Crippen LogP contribution in [-0.2, 0) is 16.6 Å². The van der Waals surface area contributed by atoms with Crippen molar-refractivity contribution in [1.29, 1.82) is 0 Å². The Morgan fingerprint density at radius 2 is 1.94 bits per heavy atom. The summed E-state index contributed by atoms with van der Waals surface area (Å²) in [6.07, 6.45) is 0.184. The Balaban J connectivity index is 2.97. The highest BCUT2D eigenvalue weighted by Crippen LogP contribution is 2.18. The van der Waals surface area contributed by atoms with Gasteiger partial charge in [0.15, 0.2) is 0 Å². The highest BCUT2D eigenvalue weighted by atomic mass is 32.3. The van der Waals surface area contributed by atoms with Gasteiger partial charge in [-0.1, -0.05) is 0 Å². The van der Waals surface area contributed by atoms with Crippen molar-refractivity contribution in [3.05, 3.63) is 17.0 Å². The van der Waals surface area contributed by atoms with Crippen molar-refractivity contribution in [3.63, 3.8) is 0 Å². The van der Waals surface area contributed by atoms with Gasteiger partial charge >= 0.3 is 10.2 Å². The van der Waals surface area contributed by atoms with Crippen LogP contribution in [0, 0.1) is 13.8 Å². The number of hydrogen-bond donors (Lipinski definition) is 0. The Labute approximate surface area is 95.7 Å². The van der Waals surface area contributed by atoms with Gasteiger partial charge in [0.05, 0.1) is 11.4 Å². The van der Waals surface area contributed by atoms with Crippen molar-refractivity contribution in [2.75, 3.05) is 5.75 Å². The first-order chi connectivity index (χ1) is 7.22. The summed E-state index contributed by atoms with van der Waals surface area (Å²) in [6, 6.07) is 0.217. The van der Waals surface area contributed by atoms with Gasteiger partial charge in [0, 0.05) is 11.7 Å². The minimum Gasteiger partial charge on any atom is -0.267 e. The van der Waals surface area contributed by atoms with Crippen molar-refractivity contribution >= 4 is 10.2 Å². The van der Waals surface area contributed by atoms with Gasteiger partial charge in [-0.15, -0.1) is 3.89 Å². The van der Waals surface area contributed by atoms with E-state index in [1.807, 2.05) is 32.4 Å². The van der Waals surface area contributed by atoms with Crippen molar-refractivity contribution in [2.24, 2.45) is 0 Å². The average molecular weight is 248 g/mol. The van der Waals surface area contributed by atoms with E-state index >= 15 is 0 Å². The van der Waals surface area contributed by atoms with Crippen LogP contribution in [0.5, 0.6) is 0 Å². The molecule has 0 radical (unpaired) electrons. The standard InChI is InChI=1S/C10H17FN2O2S/c1-7(2)13-9(4)10(8(3)12-13)5-6-16(11,14)15/h7H,5-6H2,1-4H3. The molecular formula is C10H17FN2O2S. The maximum absolute atomic E-state index is 12.4. The normalized spacial score (nSPS) is 12.4. The lowest BCUT2D eigenvalue weighted by Crippen LogP contribution is -2.06. The predicted molar refractivity (Wildman–Crippen MR) is 60.7 cm³/mol. The highest BCUT2D eigenvalue weighted by molar-refractivity contribution is 7.86. The van der Waals surface area contributed by atoms with Crippen LogP contribution in [0.25, 0.3) is 0 Å². The molecule has 1 aromatic rings. The lowest BCUT2D eigenvalue weighted by Gasteiger charge is -2.08. The number of aromatic nitrogens is 2. The van der Waals surface area contributed by atoms with E-state index in [-0.39, 0.29) is 12.5 Å². The molecule has 0 bridgehead atoms. The number of aryl methyl sites for hydroxylation is 1. The van der Waals surface area contributed by atoms with Gasteiger partial charge in [-0.05, 0) is 39.7 Å². The van der Waals surface area contributed by atoms with Crippen LogP contribution in [0.2, 0.25) is 0 Å². The molecule has 1 rings (SSSR count). The molecule has 1 heterocycles. The minimum atomic E-state index is -4.40. The molecule has 4 nitrogen and oxygen atoms in total. The molecular weight excluding hydrogens is 231 g/mol. The van der Waals surface area contributed by atoms with Gasteiger partial charge < -0.3 is 0 Å². The van der Waals surface area contributed by atoms with Crippen LogP contribution in [0.15, 0.2) is 0 Å². The van der Waals surface area contributed by atoms with Crippen LogP contribution in [0.4, 0.5) is 3.89 Å². The van der Waals surface area contributed by atoms with E-state index in [9.17, 15) is 12.3 Å². The largest absolute Gasteiger partial charge is 0.302 e. The molecule has 0 unspecified atom stereocenters. The molecule has 0 aromatic carbocycles. The van der Waals surface area contributed by atoms with E-state index in [4.69, 9.17) is 0 Å². The molecule has 0 aliphatic carbocycles. The van der Waals surface area contributed by atoms with Gasteiger partial charge in [-0.25, -0.2) is 0 Å². The zero-order chi connectivity index (χ0) is 12.5. The third-order valence-corrected chi connectivity index (χ3v) is 3.25. The van der Waals surface area contributed by atoms with Crippen LogP contribution in [-0.4, -0.2) is 24.0 Å². The molecule has 0 N–H and O–H groups in total. The van der Waals surface area contributed by atoms with E-state index < -0.39 is 16.0 Å². The number of hydrogen-bond acceptors (Lipinski definition) is 3. The molecule has 0 aliphatic heterocycles. The third kappa shape index (κ3) is 3.04. The quantitative estimate of drug-likeness (QED) is 0.765. The van der Waals surface area contributed by atoms with Crippen LogP contribution in [0.3, 0.4) is 0 Å². The molecule has 0 saturated heterocycles. The monoisotopic (exact) mass is 248 g/mol. The molecule has 1 aromatic heterocycles. The van der Waals surface area contributed by atoms with E-state index in [2.05, 4.69) is 5.10 Å². The Morgan fingerprint density at radius 3 is 2.31 bits per heavy atom. The minimum absolute atomic E-state index is 0.184. The lowest BCUT2D eigenvalue weighted by atomic mass is 10.1. The van der Waals surface area contributed by atoms with E-state index in [0.29, 0.717) is 0 Å².